The fourth-order valence-corrected chi connectivity index (χ4v) is 1.41. The lowest BCUT2D eigenvalue weighted by atomic mass is 10.2. The number of aliphatic imine (C=N–C) groups is 1. The number of hydrogen-bond acceptors (Lipinski definition) is 2. The van der Waals surface area contributed by atoms with E-state index in [-0.39, 0.29) is 5.62 Å². The van der Waals surface area contributed by atoms with Crippen LogP contribution in [-0.2, 0) is 0 Å². The molecule has 0 bridgehead atoms. The maximum atomic E-state index is 5.92. The molecule has 2 nitrogen and oxygen atoms in total. The third-order valence-electron chi connectivity index (χ3n) is 1.46. The van der Waals surface area contributed by atoms with Gasteiger partial charge in [-0.05, 0) is 5.92 Å². The molecule has 0 aromatic carbocycles. The van der Waals surface area contributed by atoms with Crippen molar-refractivity contribution in [1.82, 2.24) is 4.90 Å². The third-order valence-corrected chi connectivity index (χ3v) is 2.02. The molecule has 1 unspecified atom stereocenters. The highest BCUT2D eigenvalue weighted by Gasteiger charge is 2.15. The number of halogens is 2. The van der Waals surface area contributed by atoms with Gasteiger partial charge in [0.2, 0.25) is 0 Å². The largest absolute Gasteiger partial charge is 0.342 e. The minimum absolute atomic E-state index is 0.296. The van der Waals surface area contributed by atoms with E-state index in [4.69, 9.17) is 23.2 Å². The minimum Gasteiger partial charge on any atom is -0.342 e. The molecule has 1 aliphatic heterocycles. The molecule has 0 spiro atoms. The van der Waals surface area contributed by atoms with Crippen LogP contribution >= 0.6 is 23.2 Å². The van der Waals surface area contributed by atoms with Crippen LogP contribution in [0, 0.1) is 5.92 Å². The molecular formula is C8H12Cl2N2. The first-order valence-electron chi connectivity index (χ1n) is 3.90. The van der Waals surface area contributed by atoms with Crippen molar-refractivity contribution in [1.29, 1.82) is 0 Å². The number of nitrogens with zero attached hydrogens (tertiary/aromatic N) is 2. The molecule has 0 aliphatic carbocycles. The highest BCUT2D eigenvalue weighted by atomic mass is 35.5. The summed E-state index contributed by atoms with van der Waals surface area (Å²) < 4.78 is 0. The highest BCUT2D eigenvalue weighted by Crippen LogP contribution is 2.17. The van der Waals surface area contributed by atoms with Gasteiger partial charge < -0.3 is 4.90 Å². The van der Waals surface area contributed by atoms with Gasteiger partial charge in [-0.25, -0.2) is 0 Å². The molecule has 0 amide bonds. The lowest BCUT2D eigenvalue weighted by Gasteiger charge is -2.27. The van der Waals surface area contributed by atoms with Crippen molar-refractivity contribution >= 4 is 29.4 Å². The number of alkyl halides is 1. The number of hydrogen-bond donors (Lipinski definition) is 0. The molecule has 0 radical (unpaired) electrons. The Labute approximate surface area is 82.9 Å². The van der Waals surface area contributed by atoms with Crippen LogP contribution in [-0.4, -0.2) is 23.3 Å². The van der Waals surface area contributed by atoms with Crippen LogP contribution in [0.25, 0.3) is 0 Å². The van der Waals surface area contributed by atoms with E-state index in [1.54, 1.807) is 6.21 Å². The molecule has 12 heavy (non-hydrogen) atoms. The van der Waals surface area contributed by atoms with Crippen molar-refractivity contribution in [2.24, 2.45) is 10.9 Å². The minimum atomic E-state index is -0.296. The molecule has 0 aromatic rings. The van der Waals surface area contributed by atoms with Crippen LogP contribution in [0.2, 0.25) is 0 Å². The summed E-state index contributed by atoms with van der Waals surface area (Å²) in [6.07, 6.45) is 3.41. The summed E-state index contributed by atoms with van der Waals surface area (Å²) in [7, 11) is 0. The molecule has 1 aliphatic rings. The van der Waals surface area contributed by atoms with Crippen molar-refractivity contribution in [2.45, 2.75) is 19.5 Å². The van der Waals surface area contributed by atoms with Crippen molar-refractivity contribution in [3.8, 4) is 0 Å². The topological polar surface area (TPSA) is 15.6 Å². The summed E-state index contributed by atoms with van der Waals surface area (Å²) in [6, 6.07) is 0. The zero-order valence-corrected chi connectivity index (χ0v) is 8.68. The van der Waals surface area contributed by atoms with Crippen LogP contribution in [0.15, 0.2) is 16.2 Å². The van der Waals surface area contributed by atoms with E-state index >= 15 is 0 Å². The Morgan fingerprint density at radius 2 is 2.33 bits per heavy atom. The Hall–Kier alpha value is -0.210. The summed E-state index contributed by atoms with van der Waals surface area (Å²) in [5.74, 6) is 0.556. The lowest BCUT2D eigenvalue weighted by molar-refractivity contribution is 0.310. The standard InChI is InChI=1S/C8H12Cl2N2/c1-6(2)4-12-5-7(9)3-11-8(12)10/h3,5-6,8H,4H2,1-2H3. The maximum absolute atomic E-state index is 5.92. The SMILES string of the molecule is CC(C)CN1C=C(Cl)C=NC1Cl. The van der Waals surface area contributed by atoms with Gasteiger partial charge in [0.25, 0.3) is 0 Å². The van der Waals surface area contributed by atoms with Gasteiger partial charge in [0.1, 0.15) is 0 Å². The van der Waals surface area contributed by atoms with Crippen molar-refractivity contribution in [3.05, 3.63) is 11.2 Å². The predicted octanol–water partition coefficient (Wildman–Crippen LogP) is 2.63. The zero-order valence-electron chi connectivity index (χ0n) is 7.17. The monoisotopic (exact) mass is 206 g/mol. The smallest absolute Gasteiger partial charge is 0.197 e. The van der Waals surface area contributed by atoms with E-state index in [2.05, 4.69) is 18.8 Å². The first-order chi connectivity index (χ1) is 5.59. The molecule has 1 heterocycles. The van der Waals surface area contributed by atoms with Crippen LogP contribution < -0.4 is 0 Å². The van der Waals surface area contributed by atoms with Crippen molar-refractivity contribution in [3.63, 3.8) is 0 Å². The van der Waals surface area contributed by atoms with Gasteiger partial charge in [-0.1, -0.05) is 37.0 Å². The highest BCUT2D eigenvalue weighted by molar-refractivity contribution is 6.39. The summed E-state index contributed by atoms with van der Waals surface area (Å²) in [5.41, 5.74) is -0.296. The molecular weight excluding hydrogens is 195 g/mol. The Kier molecular flexibility index (Phi) is 3.41. The second kappa shape index (κ2) is 4.15. The molecule has 0 N–H and O–H groups in total. The van der Waals surface area contributed by atoms with Gasteiger partial charge in [-0.3, -0.25) is 4.99 Å². The van der Waals surface area contributed by atoms with Crippen LogP contribution in [0.5, 0.6) is 0 Å². The summed E-state index contributed by atoms with van der Waals surface area (Å²) in [5, 5.41) is 0.632. The molecule has 1 rings (SSSR count). The average Bonchev–Trinajstić information content (AvgIpc) is 1.96. The van der Waals surface area contributed by atoms with Crippen molar-refractivity contribution < 1.29 is 0 Å². The van der Waals surface area contributed by atoms with E-state index in [9.17, 15) is 0 Å². The first-order valence-corrected chi connectivity index (χ1v) is 4.71. The normalized spacial score (nSPS) is 23.2. The van der Waals surface area contributed by atoms with Gasteiger partial charge in [0.05, 0.1) is 5.03 Å². The summed E-state index contributed by atoms with van der Waals surface area (Å²) in [6.45, 7) is 5.13. The quantitative estimate of drug-likeness (QED) is 0.502. The summed E-state index contributed by atoms with van der Waals surface area (Å²) in [4.78, 5) is 5.94. The maximum Gasteiger partial charge on any atom is 0.197 e. The van der Waals surface area contributed by atoms with Crippen LogP contribution in [0.4, 0.5) is 0 Å². The Morgan fingerprint density at radius 3 is 2.92 bits per heavy atom. The van der Waals surface area contributed by atoms with Crippen molar-refractivity contribution in [2.75, 3.05) is 6.54 Å². The Morgan fingerprint density at radius 1 is 1.67 bits per heavy atom. The van der Waals surface area contributed by atoms with E-state index in [0.29, 0.717) is 11.0 Å². The first kappa shape index (κ1) is 9.87. The second-order valence-electron chi connectivity index (χ2n) is 3.19. The molecule has 0 saturated heterocycles. The summed E-state index contributed by atoms with van der Waals surface area (Å²) >= 11 is 11.7. The number of allylic oxidation sites excluding steroid dienone is 1. The average molecular weight is 207 g/mol. The Bertz CT molecular complexity index is 211. The molecule has 0 saturated carbocycles. The zero-order chi connectivity index (χ0) is 9.14. The fraction of sp³-hybridized carbons (Fsp3) is 0.625. The fourth-order valence-electron chi connectivity index (χ4n) is 1.03. The van der Waals surface area contributed by atoms with E-state index in [1.165, 1.54) is 0 Å². The molecule has 4 heteroatoms. The van der Waals surface area contributed by atoms with Gasteiger partial charge in [-0.2, -0.15) is 0 Å². The third kappa shape index (κ3) is 2.68. The predicted molar refractivity (Wildman–Crippen MR) is 53.6 cm³/mol. The van der Waals surface area contributed by atoms with Gasteiger partial charge >= 0.3 is 0 Å². The number of rotatable bonds is 2. The molecule has 68 valence electrons. The molecule has 1 atom stereocenters. The van der Waals surface area contributed by atoms with Crippen LogP contribution in [0.1, 0.15) is 13.8 Å². The molecule has 0 fully saturated rings. The molecule has 0 aromatic heterocycles. The lowest BCUT2D eigenvalue weighted by Crippen LogP contribution is -2.30. The van der Waals surface area contributed by atoms with Crippen LogP contribution in [0.3, 0.4) is 0 Å². The van der Waals surface area contributed by atoms with Gasteiger partial charge in [-0.15, -0.1) is 0 Å². The van der Waals surface area contributed by atoms with E-state index in [1.807, 2.05) is 11.1 Å². The van der Waals surface area contributed by atoms with Gasteiger partial charge in [0.15, 0.2) is 5.62 Å². The van der Waals surface area contributed by atoms with E-state index < -0.39 is 0 Å². The Balaban J connectivity index is 2.58. The van der Waals surface area contributed by atoms with E-state index in [0.717, 1.165) is 6.54 Å². The second-order valence-corrected chi connectivity index (χ2v) is 4.02. The van der Waals surface area contributed by atoms with Gasteiger partial charge in [0, 0.05) is 19.0 Å².